The quantitative estimate of drug-likeness (QED) is 0.638. The number of likely N-dealkylation sites (tertiary alicyclic amines) is 1. The molecular weight excluding hydrogens is 396 g/mol. The zero-order valence-electron chi connectivity index (χ0n) is 19.0. The standard InChI is InChI=1S/C24H32N2O5/c1-17(27)26(20-7-9-22(29-3)24(14-20)31-5)19-10-12-25(13-11-19)16-18-6-8-21(28-2)15-23(18)30-4/h6-9,14-15,19H,10-13,16H2,1-5H3. The van der Waals surface area contributed by atoms with Crippen molar-refractivity contribution in [2.24, 2.45) is 0 Å². The first kappa shape index (κ1) is 22.7. The minimum atomic E-state index is 0.0301. The minimum Gasteiger partial charge on any atom is -0.497 e. The van der Waals surface area contributed by atoms with Crippen molar-refractivity contribution in [3.63, 3.8) is 0 Å². The summed E-state index contributed by atoms with van der Waals surface area (Å²) in [6, 6.07) is 11.7. The number of ether oxygens (including phenoxy) is 4. The van der Waals surface area contributed by atoms with Gasteiger partial charge in [0.05, 0.1) is 28.4 Å². The van der Waals surface area contributed by atoms with Gasteiger partial charge in [-0.1, -0.05) is 6.07 Å². The van der Waals surface area contributed by atoms with E-state index in [-0.39, 0.29) is 11.9 Å². The van der Waals surface area contributed by atoms with E-state index >= 15 is 0 Å². The molecule has 7 nitrogen and oxygen atoms in total. The number of benzene rings is 2. The maximum atomic E-state index is 12.5. The zero-order chi connectivity index (χ0) is 22.4. The van der Waals surface area contributed by atoms with Gasteiger partial charge in [0.1, 0.15) is 11.5 Å². The maximum absolute atomic E-state index is 12.5. The normalized spacial score (nSPS) is 14.7. The lowest BCUT2D eigenvalue weighted by Crippen LogP contribution is -2.46. The molecule has 0 aromatic heterocycles. The Labute approximate surface area is 184 Å². The molecule has 7 heteroatoms. The molecule has 3 rings (SSSR count). The van der Waals surface area contributed by atoms with Gasteiger partial charge in [0.15, 0.2) is 11.5 Å². The average molecular weight is 429 g/mol. The molecule has 1 amide bonds. The maximum Gasteiger partial charge on any atom is 0.224 e. The van der Waals surface area contributed by atoms with Gasteiger partial charge in [0.25, 0.3) is 0 Å². The Morgan fingerprint density at radius 2 is 1.58 bits per heavy atom. The van der Waals surface area contributed by atoms with Gasteiger partial charge in [-0.25, -0.2) is 0 Å². The van der Waals surface area contributed by atoms with Crippen LogP contribution in [0, 0.1) is 0 Å². The van der Waals surface area contributed by atoms with Crippen LogP contribution in [0.5, 0.6) is 23.0 Å². The minimum absolute atomic E-state index is 0.0301. The summed E-state index contributed by atoms with van der Waals surface area (Å²) in [5.74, 6) is 2.92. The van der Waals surface area contributed by atoms with E-state index in [4.69, 9.17) is 18.9 Å². The number of hydrogen-bond acceptors (Lipinski definition) is 6. The van der Waals surface area contributed by atoms with E-state index in [1.807, 2.05) is 35.2 Å². The molecule has 1 saturated heterocycles. The largest absolute Gasteiger partial charge is 0.497 e. The lowest BCUT2D eigenvalue weighted by molar-refractivity contribution is -0.117. The topological polar surface area (TPSA) is 60.5 Å². The molecule has 0 bridgehead atoms. The second kappa shape index (κ2) is 10.4. The summed E-state index contributed by atoms with van der Waals surface area (Å²) in [4.78, 5) is 16.8. The van der Waals surface area contributed by atoms with E-state index in [1.54, 1.807) is 35.4 Å². The summed E-state index contributed by atoms with van der Waals surface area (Å²) in [6.45, 7) is 4.22. The summed E-state index contributed by atoms with van der Waals surface area (Å²) in [6.07, 6.45) is 1.79. The van der Waals surface area contributed by atoms with Crippen molar-refractivity contribution in [1.82, 2.24) is 4.90 Å². The van der Waals surface area contributed by atoms with Crippen molar-refractivity contribution in [3.05, 3.63) is 42.0 Å². The van der Waals surface area contributed by atoms with E-state index in [2.05, 4.69) is 11.0 Å². The number of hydrogen-bond donors (Lipinski definition) is 0. The monoisotopic (exact) mass is 428 g/mol. The third-order valence-corrected chi connectivity index (χ3v) is 5.79. The van der Waals surface area contributed by atoms with E-state index in [0.717, 1.165) is 55.2 Å². The van der Waals surface area contributed by atoms with Crippen molar-refractivity contribution < 1.29 is 23.7 Å². The van der Waals surface area contributed by atoms with Crippen LogP contribution in [0.4, 0.5) is 5.69 Å². The highest BCUT2D eigenvalue weighted by Gasteiger charge is 2.28. The average Bonchev–Trinajstić information content (AvgIpc) is 2.80. The zero-order valence-corrected chi connectivity index (χ0v) is 19.0. The van der Waals surface area contributed by atoms with Gasteiger partial charge >= 0.3 is 0 Å². The number of carbonyl (C=O) groups excluding carboxylic acids is 1. The van der Waals surface area contributed by atoms with Crippen LogP contribution >= 0.6 is 0 Å². The summed E-state index contributed by atoms with van der Waals surface area (Å²) < 4.78 is 21.6. The molecule has 0 atom stereocenters. The lowest BCUT2D eigenvalue weighted by Gasteiger charge is -2.38. The Bertz CT molecular complexity index is 894. The number of piperidine rings is 1. The third kappa shape index (κ3) is 5.22. The Morgan fingerprint density at radius 3 is 2.16 bits per heavy atom. The van der Waals surface area contributed by atoms with Crippen LogP contribution in [-0.4, -0.2) is 58.4 Å². The number of rotatable bonds is 8. The Kier molecular flexibility index (Phi) is 7.63. The fraction of sp³-hybridized carbons (Fsp3) is 0.458. The van der Waals surface area contributed by atoms with E-state index in [0.29, 0.717) is 11.5 Å². The van der Waals surface area contributed by atoms with Crippen LogP contribution in [-0.2, 0) is 11.3 Å². The molecule has 31 heavy (non-hydrogen) atoms. The number of nitrogens with zero attached hydrogens (tertiary/aromatic N) is 2. The fourth-order valence-electron chi connectivity index (χ4n) is 4.18. The molecule has 1 aliphatic rings. The lowest BCUT2D eigenvalue weighted by atomic mass is 10.0. The summed E-state index contributed by atoms with van der Waals surface area (Å²) in [5, 5.41) is 0. The Hall–Kier alpha value is -2.93. The molecule has 0 unspecified atom stereocenters. The molecule has 0 saturated carbocycles. The van der Waals surface area contributed by atoms with Crippen LogP contribution in [0.2, 0.25) is 0 Å². The van der Waals surface area contributed by atoms with Crippen molar-refractivity contribution in [2.75, 3.05) is 46.4 Å². The number of amides is 1. The predicted molar refractivity (Wildman–Crippen MR) is 121 cm³/mol. The van der Waals surface area contributed by atoms with Crippen LogP contribution < -0.4 is 23.8 Å². The molecule has 168 valence electrons. The molecule has 1 heterocycles. The van der Waals surface area contributed by atoms with Crippen LogP contribution in [0.3, 0.4) is 0 Å². The molecule has 2 aromatic rings. The van der Waals surface area contributed by atoms with Crippen LogP contribution in [0.15, 0.2) is 36.4 Å². The number of carbonyl (C=O) groups is 1. The first-order chi connectivity index (χ1) is 15.0. The van der Waals surface area contributed by atoms with Gasteiger partial charge < -0.3 is 23.8 Å². The van der Waals surface area contributed by atoms with Crippen molar-refractivity contribution in [1.29, 1.82) is 0 Å². The molecule has 0 spiro atoms. The van der Waals surface area contributed by atoms with Gasteiger partial charge in [-0.05, 0) is 31.0 Å². The highest BCUT2D eigenvalue weighted by molar-refractivity contribution is 5.92. The van der Waals surface area contributed by atoms with Gasteiger partial charge in [0.2, 0.25) is 5.91 Å². The van der Waals surface area contributed by atoms with E-state index in [1.165, 1.54) is 0 Å². The molecular formula is C24H32N2O5. The first-order valence-electron chi connectivity index (χ1n) is 10.5. The molecule has 1 fully saturated rings. The third-order valence-electron chi connectivity index (χ3n) is 5.79. The SMILES string of the molecule is COc1ccc(CN2CCC(N(C(C)=O)c3ccc(OC)c(OC)c3)CC2)c(OC)c1. The van der Waals surface area contributed by atoms with Gasteiger partial charge in [0, 0.05) is 56.0 Å². The molecule has 0 N–H and O–H groups in total. The van der Waals surface area contributed by atoms with Crippen molar-refractivity contribution in [3.8, 4) is 23.0 Å². The number of methoxy groups -OCH3 is 4. The van der Waals surface area contributed by atoms with Gasteiger partial charge in [-0.15, -0.1) is 0 Å². The summed E-state index contributed by atoms with van der Waals surface area (Å²) in [5.41, 5.74) is 1.96. The molecule has 1 aliphatic heterocycles. The highest BCUT2D eigenvalue weighted by atomic mass is 16.5. The van der Waals surface area contributed by atoms with E-state index < -0.39 is 0 Å². The van der Waals surface area contributed by atoms with Crippen molar-refractivity contribution in [2.45, 2.75) is 32.4 Å². The summed E-state index contributed by atoms with van der Waals surface area (Å²) in [7, 11) is 6.54. The predicted octanol–water partition coefficient (Wildman–Crippen LogP) is 3.74. The smallest absolute Gasteiger partial charge is 0.224 e. The summed E-state index contributed by atoms with van der Waals surface area (Å²) >= 11 is 0. The van der Waals surface area contributed by atoms with Crippen LogP contribution in [0.25, 0.3) is 0 Å². The van der Waals surface area contributed by atoms with Gasteiger partial charge in [-0.2, -0.15) is 0 Å². The second-order valence-corrected chi connectivity index (χ2v) is 7.61. The number of anilines is 1. The first-order valence-corrected chi connectivity index (χ1v) is 10.5. The molecule has 0 radical (unpaired) electrons. The van der Waals surface area contributed by atoms with Gasteiger partial charge in [-0.3, -0.25) is 9.69 Å². The second-order valence-electron chi connectivity index (χ2n) is 7.61. The van der Waals surface area contributed by atoms with E-state index in [9.17, 15) is 4.79 Å². The highest BCUT2D eigenvalue weighted by Crippen LogP contribution is 2.34. The Balaban J connectivity index is 1.69. The fourth-order valence-corrected chi connectivity index (χ4v) is 4.18. The van der Waals surface area contributed by atoms with Crippen molar-refractivity contribution >= 4 is 11.6 Å². The van der Waals surface area contributed by atoms with Crippen LogP contribution in [0.1, 0.15) is 25.3 Å². The molecule has 0 aliphatic carbocycles. The Morgan fingerprint density at radius 1 is 0.903 bits per heavy atom. The molecule has 2 aromatic carbocycles.